The lowest BCUT2D eigenvalue weighted by atomic mass is 9.78. The molecule has 1 atom stereocenters. The van der Waals surface area contributed by atoms with Crippen molar-refractivity contribution in [2.75, 3.05) is 20.1 Å². The smallest absolute Gasteiger partial charge is 0.123 e. The highest BCUT2D eigenvalue weighted by atomic mass is 19.1. The second kappa shape index (κ2) is 7.90. The zero-order valence-corrected chi connectivity index (χ0v) is 14.5. The lowest BCUT2D eigenvalue weighted by Gasteiger charge is -2.48. The Labute approximate surface area is 129 Å². The highest BCUT2D eigenvalue weighted by Gasteiger charge is 2.40. The first-order chi connectivity index (χ1) is 10.00. The Bertz CT molecular complexity index is 437. The van der Waals surface area contributed by atoms with E-state index >= 15 is 0 Å². The Morgan fingerprint density at radius 2 is 1.71 bits per heavy atom. The van der Waals surface area contributed by atoms with Crippen LogP contribution < -0.4 is 5.32 Å². The maximum absolute atomic E-state index is 13.8. The minimum Gasteiger partial charge on any atom is -0.311 e. The molecule has 0 radical (unpaired) electrons. The average Bonchev–Trinajstić information content (AvgIpc) is 2.50. The molecule has 0 aliphatic carbocycles. The van der Waals surface area contributed by atoms with E-state index in [-0.39, 0.29) is 17.4 Å². The van der Waals surface area contributed by atoms with Crippen LogP contribution in [0.1, 0.15) is 57.7 Å². The standard InChI is InChI=1S/C18H31FN2/c1-7-18(8-2,21(9-3)10-4)17(20-6)16-13-15(19)12-11-14(16)5/h11-13,17,20H,7-10H2,1-6H3. The minimum absolute atomic E-state index is 0.0107. The van der Waals surface area contributed by atoms with Crippen molar-refractivity contribution in [1.82, 2.24) is 10.2 Å². The fourth-order valence-corrected chi connectivity index (χ4v) is 3.78. The van der Waals surface area contributed by atoms with Gasteiger partial charge >= 0.3 is 0 Å². The molecule has 0 fully saturated rings. The number of nitrogens with zero attached hydrogens (tertiary/aromatic N) is 1. The van der Waals surface area contributed by atoms with Gasteiger partial charge in [0.2, 0.25) is 0 Å². The van der Waals surface area contributed by atoms with Crippen molar-refractivity contribution in [3.05, 3.63) is 35.1 Å². The Morgan fingerprint density at radius 1 is 1.14 bits per heavy atom. The Morgan fingerprint density at radius 3 is 2.14 bits per heavy atom. The van der Waals surface area contributed by atoms with Gasteiger partial charge in [0.15, 0.2) is 0 Å². The first kappa shape index (κ1) is 18.1. The van der Waals surface area contributed by atoms with Gasteiger partial charge < -0.3 is 5.32 Å². The summed E-state index contributed by atoms with van der Waals surface area (Å²) in [6.45, 7) is 13.0. The summed E-state index contributed by atoms with van der Waals surface area (Å²) in [7, 11) is 1.98. The highest BCUT2D eigenvalue weighted by Crippen LogP contribution is 2.38. The van der Waals surface area contributed by atoms with Gasteiger partial charge in [0, 0.05) is 5.54 Å². The molecule has 0 aliphatic rings. The van der Waals surface area contributed by atoms with Crippen molar-refractivity contribution in [2.45, 2.75) is 59.0 Å². The van der Waals surface area contributed by atoms with Gasteiger partial charge in [-0.05, 0) is 63.2 Å². The predicted octanol–water partition coefficient (Wildman–Crippen LogP) is 4.30. The predicted molar refractivity (Wildman–Crippen MR) is 89.2 cm³/mol. The summed E-state index contributed by atoms with van der Waals surface area (Å²) >= 11 is 0. The van der Waals surface area contributed by atoms with Gasteiger partial charge in [0.25, 0.3) is 0 Å². The van der Waals surface area contributed by atoms with Crippen LogP contribution in [0.3, 0.4) is 0 Å². The molecule has 0 bridgehead atoms. The molecule has 1 aromatic carbocycles. The number of hydrogen-bond acceptors (Lipinski definition) is 2. The Hall–Kier alpha value is -0.930. The molecule has 1 aromatic rings. The van der Waals surface area contributed by atoms with Crippen LogP contribution in [0.15, 0.2) is 18.2 Å². The van der Waals surface area contributed by atoms with Gasteiger partial charge in [0.05, 0.1) is 6.04 Å². The molecule has 3 heteroatoms. The first-order valence-corrected chi connectivity index (χ1v) is 8.18. The van der Waals surface area contributed by atoms with E-state index in [1.54, 1.807) is 12.1 Å². The van der Waals surface area contributed by atoms with Crippen LogP contribution in [0.4, 0.5) is 4.39 Å². The zero-order valence-electron chi connectivity index (χ0n) is 14.5. The monoisotopic (exact) mass is 294 g/mol. The van der Waals surface area contributed by atoms with E-state index in [2.05, 4.69) is 44.8 Å². The number of rotatable bonds is 8. The van der Waals surface area contributed by atoms with E-state index in [0.717, 1.165) is 37.1 Å². The minimum atomic E-state index is -0.156. The summed E-state index contributed by atoms with van der Waals surface area (Å²) in [4.78, 5) is 2.51. The van der Waals surface area contributed by atoms with Gasteiger partial charge in [-0.15, -0.1) is 0 Å². The number of aryl methyl sites for hydroxylation is 1. The molecule has 0 heterocycles. The van der Waals surface area contributed by atoms with E-state index in [4.69, 9.17) is 0 Å². The van der Waals surface area contributed by atoms with Crippen molar-refractivity contribution >= 4 is 0 Å². The molecule has 1 unspecified atom stereocenters. The maximum atomic E-state index is 13.8. The van der Waals surface area contributed by atoms with Crippen LogP contribution in [0, 0.1) is 12.7 Å². The van der Waals surface area contributed by atoms with Crippen LogP contribution in [-0.4, -0.2) is 30.6 Å². The molecule has 0 saturated carbocycles. The lowest BCUT2D eigenvalue weighted by Crippen LogP contribution is -2.55. The summed E-state index contributed by atoms with van der Waals surface area (Å²) < 4.78 is 13.8. The molecule has 0 aliphatic heterocycles. The molecule has 0 aromatic heterocycles. The lowest BCUT2D eigenvalue weighted by molar-refractivity contribution is 0.0512. The van der Waals surface area contributed by atoms with E-state index in [9.17, 15) is 4.39 Å². The van der Waals surface area contributed by atoms with Crippen molar-refractivity contribution in [1.29, 1.82) is 0 Å². The van der Waals surface area contributed by atoms with Crippen LogP contribution in [0.5, 0.6) is 0 Å². The third-order valence-corrected chi connectivity index (χ3v) is 5.00. The molecule has 21 heavy (non-hydrogen) atoms. The number of likely N-dealkylation sites (N-methyl/N-ethyl adjacent to an activating group) is 2. The summed E-state index contributed by atoms with van der Waals surface area (Å²) in [5.41, 5.74) is 2.24. The fraction of sp³-hybridized carbons (Fsp3) is 0.667. The Balaban J connectivity index is 3.40. The molecule has 1 rings (SSSR count). The van der Waals surface area contributed by atoms with Crippen molar-refractivity contribution < 1.29 is 4.39 Å². The van der Waals surface area contributed by atoms with Gasteiger partial charge in [-0.25, -0.2) is 4.39 Å². The van der Waals surface area contributed by atoms with E-state index in [0.29, 0.717) is 0 Å². The van der Waals surface area contributed by atoms with Gasteiger partial charge in [-0.1, -0.05) is 33.8 Å². The summed E-state index contributed by atoms with van der Waals surface area (Å²) in [6.07, 6.45) is 2.07. The molecule has 1 N–H and O–H groups in total. The highest BCUT2D eigenvalue weighted by molar-refractivity contribution is 5.32. The van der Waals surface area contributed by atoms with Gasteiger partial charge in [0.1, 0.15) is 5.82 Å². The topological polar surface area (TPSA) is 15.3 Å². The third-order valence-electron chi connectivity index (χ3n) is 5.00. The first-order valence-electron chi connectivity index (χ1n) is 8.18. The van der Waals surface area contributed by atoms with E-state index in [1.165, 1.54) is 0 Å². The molecule has 0 saturated heterocycles. The molecule has 120 valence electrons. The van der Waals surface area contributed by atoms with Crippen molar-refractivity contribution in [3.8, 4) is 0 Å². The number of hydrogen-bond donors (Lipinski definition) is 1. The normalized spacial score (nSPS) is 13.7. The quantitative estimate of drug-likeness (QED) is 0.769. The second-order valence-corrected chi connectivity index (χ2v) is 5.71. The Kier molecular flexibility index (Phi) is 6.82. The third kappa shape index (κ3) is 3.46. The van der Waals surface area contributed by atoms with Crippen LogP contribution >= 0.6 is 0 Å². The summed E-state index contributed by atoms with van der Waals surface area (Å²) in [5, 5.41) is 3.47. The summed E-state index contributed by atoms with van der Waals surface area (Å²) in [6, 6.07) is 5.25. The van der Waals surface area contributed by atoms with Crippen molar-refractivity contribution in [2.24, 2.45) is 0 Å². The van der Waals surface area contributed by atoms with E-state index < -0.39 is 0 Å². The average molecular weight is 294 g/mol. The fourth-order valence-electron chi connectivity index (χ4n) is 3.78. The molecule has 2 nitrogen and oxygen atoms in total. The molecular formula is C18H31FN2. The SMILES string of the molecule is CCN(CC)C(CC)(CC)C(NC)c1cc(F)ccc1C. The maximum Gasteiger partial charge on any atom is 0.123 e. The summed E-state index contributed by atoms with van der Waals surface area (Å²) in [5.74, 6) is -0.156. The van der Waals surface area contributed by atoms with Gasteiger partial charge in [-0.2, -0.15) is 0 Å². The number of benzene rings is 1. The van der Waals surface area contributed by atoms with Crippen LogP contribution in [0.2, 0.25) is 0 Å². The van der Waals surface area contributed by atoms with Crippen LogP contribution in [0.25, 0.3) is 0 Å². The van der Waals surface area contributed by atoms with Gasteiger partial charge in [-0.3, -0.25) is 4.90 Å². The number of halogens is 1. The van der Waals surface area contributed by atoms with Crippen molar-refractivity contribution in [3.63, 3.8) is 0 Å². The van der Waals surface area contributed by atoms with E-state index in [1.807, 2.05) is 13.1 Å². The second-order valence-electron chi connectivity index (χ2n) is 5.71. The molecule has 0 amide bonds. The largest absolute Gasteiger partial charge is 0.311 e. The molecular weight excluding hydrogens is 263 g/mol. The number of nitrogens with one attached hydrogen (secondary N) is 1. The van der Waals surface area contributed by atoms with Crippen LogP contribution in [-0.2, 0) is 0 Å². The zero-order chi connectivity index (χ0) is 16.0. The molecule has 0 spiro atoms.